The molecule has 6 nitrogen and oxygen atoms in total. The summed E-state index contributed by atoms with van der Waals surface area (Å²) in [5.41, 5.74) is 11.4. The van der Waals surface area contributed by atoms with E-state index in [1.165, 1.54) is 12.3 Å². The molecule has 0 radical (unpaired) electrons. The number of primary amides is 1. The molecule has 5 N–H and O–H groups in total. The molecule has 1 aromatic rings. The Morgan fingerprint density at radius 1 is 1.61 bits per heavy atom. The third-order valence-corrected chi connectivity index (χ3v) is 3.03. The molecule has 1 saturated heterocycles. The predicted molar refractivity (Wildman–Crippen MR) is 69.2 cm³/mol. The molecule has 1 unspecified atom stereocenters. The zero-order valence-electron chi connectivity index (χ0n) is 10.4. The Labute approximate surface area is 106 Å². The molecule has 0 aliphatic carbocycles. The van der Waals surface area contributed by atoms with Crippen molar-refractivity contribution < 1.29 is 9.53 Å². The van der Waals surface area contributed by atoms with E-state index in [0.717, 1.165) is 19.4 Å². The van der Waals surface area contributed by atoms with Gasteiger partial charge in [0.15, 0.2) is 0 Å². The number of hydrogen-bond donors (Lipinski definition) is 3. The lowest BCUT2D eigenvalue weighted by Gasteiger charge is -2.35. The number of nitrogen functional groups attached to an aromatic ring is 1. The van der Waals surface area contributed by atoms with Crippen LogP contribution in [0.3, 0.4) is 0 Å². The highest BCUT2D eigenvalue weighted by molar-refractivity contribution is 5.98. The fourth-order valence-electron chi connectivity index (χ4n) is 2.09. The minimum absolute atomic E-state index is 0.231. The molecule has 0 saturated carbocycles. The van der Waals surface area contributed by atoms with Crippen molar-refractivity contribution in [1.82, 2.24) is 4.98 Å². The summed E-state index contributed by atoms with van der Waals surface area (Å²) in [5, 5.41) is 3.24. The van der Waals surface area contributed by atoms with Gasteiger partial charge < -0.3 is 21.5 Å². The van der Waals surface area contributed by atoms with Gasteiger partial charge in [-0.2, -0.15) is 0 Å². The van der Waals surface area contributed by atoms with Crippen LogP contribution in [0.5, 0.6) is 0 Å². The number of nitrogens with one attached hydrogen (secondary N) is 1. The monoisotopic (exact) mass is 250 g/mol. The molecule has 6 heteroatoms. The minimum Gasteiger partial charge on any atom is -0.397 e. The number of anilines is 2. The highest BCUT2D eigenvalue weighted by Crippen LogP contribution is 2.25. The van der Waals surface area contributed by atoms with Crippen molar-refractivity contribution >= 4 is 17.4 Å². The van der Waals surface area contributed by atoms with E-state index in [9.17, 15) is 4.79 Å². The molecule has 18 heavy (non-hydrogen) atoms. The van der Waals surface area contributed by atoms with Crippen LogP contribution in [0.1, 0.15) is 30.1 Å². The van der Waals surface area contributed by atoms with Gasteiger partial charge in [0.1, 0.15) is 5.82 Å². The first-order chi connectivity index (χ1) is 8.50. The largest absolute Gasteiger partial charge is 0.397 e. The second-order valence-electron chi connectivity index (χ2n) is 4.87. The molecule has 0 aromatic carbocycles. The molecular weight excluding hydrogens is 232 g/mol. The van der Waals surface area contributed by atoms with Crippen molar-refractivity contribution in [3.05, 3.63) is 17.8 Å². The van der Waals surface area contributed by atoms with Gasteiger partial charge in [-0.3, -0.25) is 4.79 Å². The van der Waals surface area contributed by atoms with Crippen LogP contribution in [0.25, 0.3) is 0 Å². The summed E-state index contributed by atoms with van der Waals surface area (Å²) in [4.78, 5) is 15.5. The van der Waals surface area contributed by atoms with Crippen molar-refractivity contribution in [3.8, 4) is 0 Å². The first-order valence-electron chi connectivity index (χ1n) is 5.91. The summed E-state index contributed by atoms with van der Waals surface area (Å²) in [6.45, 7) is 3.39. The first kappa shape index (κ1) is 12.6. The average Bonchev–Trinajstić information content (AvgIpc) is 2.32. The Bertz CT molecular complexity index is 455. The zero-order chi connectivity index (χ0) is 13.2. The normalized spacial score (nSPS) is 23.6. The van der Waals surface area contributed by atoms with Gasteiger partial charge in [0, 0.05) is 6.61 Å². The quantitative estimate of drug-likeness (QED) is 0.734. The van der Waals surface area contributed by atoms with Gasteiger partial charge in [-0.05, 0) is 25.8 Å². The molecule has 1 atom stereocenters. The van der Waals surface area contributed by atoms with E-state index in [1.54, 1.807) is 0 Å². The van der Waals surface area contributed by atoms with Crippen LogP contribution < -0.4 is 16.8 Å². The summed E-state index contributed by atoms with van der Waals surface area (Å²) >= 11 is 0. The predicted octanol–water partition coefficient (Wildman–Crippen LogP) is 0.744. The molecule has 1 aliphatic rings. The Morgan fingerprint density at radius 3 is 3.00 bits per heavy atom. The van der Waals surface area contributed by atoms with Crippen LogP contribution in [0.4, 0.5) is 11.5 Å². The molecule has 2 heterocycles. The second kappa shape index (κ2) is 4.81. The number of ether oxygens (including phenoxy) is 1. The highest BCUT2D eigenvalue weighted by Gasteiger charge is 2.29. The topological polar surface area (TPSA) is 103 Å². The van der Waals surface area contributed by atoms with Gasteiger partial charge in [0.25, 0.3) is 5.91 Å². The van der Waals surface area contributed by atoms with E-state index in [4.69, 9.17) is 16.2 Å². The highest BCUT2D eigenvalue weighted by atomic mass is 16.5. The van der Waals surface area contributed by atoms with Crippen LogP contribution in [-0.4, -0.2) is 29.6 Å². The average molecular weight is 250 g/mol. The van der Waals surface area contributed by atoms with Gasteiger partial charge in [0.2, 0.25) is 0 Å². The van der Waals surface area contributed by atoms with Gasteiger partial charge in [-0.25, -0.2) is 4.98 Å². The molecule has 1 aliphatic heterocycles. The van der Waals surface area contributed by atoms with Crippen LogP contribution in [0, 0.1) is 0 Å². The zero-order valence-corrected chi connectivity index (χ0v) is 10.4. The van der Waals surface area contributed by atoms with E-state index in [2.05, 4.69) is 10.3 Å². The summed E-state index contributed by atoms with van der Waals surface area (Å²) < 4.78 is 5.45. The van der Waals surface area contributed by atoms with Crippen LogP contribution in [-0.2, 0) is 4.74 Å². The second-order valence-corrected chi connectivity index (χ2v) is 4.87. The lowest BCUT2D eigenvalue weighted by Crippen LogP contribution is -2.43. The lowest BCUT2D eigenvalue weighted by molar-refractivity contribution is 0.0538. The van der Waals surface area contributed by atoms with Crippen LogP contribution in [0.15, 0.2) is 12.3 Å². The number of pyridine rings is 1. The number of rotatable bonds is 3. The van der Waals surface area contributed by atoms with Crippen LogP contribution >= 0.6 is 0 Å². The number of nitrogens with zero attached hydrogens (tertiary/aromatic N) is 1. The third-order valence-electron chi connectivity index (χ3n) is 3.03. The molecule has 98 valence electrons. The van der Waals surface area contributed by atoms with Crippen LogP contribution in [0.2, 0.25) is 0 Å². The molecule has 1 amide bonds. The van der Waals surface area contributed by atoms with E-state index in [1.807, 2.05) is 6.92 Å². The summed E-state index contributed by atoms with van der Waals surface area (Å²) in [6.07, 6.45) is 3.43. The number of carbonyl (C=O) groups is 1. The SMILES string of the molecule is CC1(Nc2ncc(N)cc2C(N)=O)CCCOC1. The third kappa shape index (κ3) is 2.70. The number of nitrogens with two attached hydrogens (primary N) is 2. The molecule has 2 rings (SSSR count). The van der Waals surface area contributed by atoms with E-state index in [0.29, 0.717) is 23.7 Å². The van der Waals surface area contributed by atoms with Gasteiger partial charge in [-0.1, -0.05) is 0 Å². The molecule has 1 fully saturated rings. The Hall–Kier alpha value is -1.82. The van der Waals surface area contributed by atoms with Crippen molar-refractivity contribution in [3.63, 3.8) is 0 Å². The van der Waals surface area contributed by atoms with Gasteiger partial charge in [-0.15, -0.1) is 0 Å². The lowest BCUT2D eigenvalue weighted by atomic mass is 9.94. The minimum atomic E-state index is -0.544. The van der Waals surface area contributed by atoms with Crippen molar-refractivity contribution in [2.75, 3.05) is 24.3 Å². The Kier molecular flexibility index (Phi) is 3.38. The Balaban J connectivity index is 2.25. The van der Waals surface area contributed by atoms with Crippen molar-refractivity contribution in [2.24, 2.45) is 5.73 Å². The van der Waals surface area contributed by atoms with E-state index >= 15 is 0 Å². The fraction of sp³-hybridized carbons (Fsp3) is 0.500. The van der Waals surface area contributed by atoms with Gasteiger partial charge in [0.05, 0.1) is 29.6 Å². The number of hydrogen-bond acceptors (Lipinski definition) is 5. The van der Waals surface area contributed by atoms with Crippen molar-refractivity contribution in [1.29, 1.82) is 0 Å². The standard InChI is InChI=1S/C12H18N4O2/c1-12(3-2-4-18-7-12)16-11-9(10(14)17)5-8(13)6-15-11/h5-6H,2-4,7,13H2,1H3,(H2,14,17)(H,15,16). The number of carbonyl (C=O) groups excluding carboxylic acids is 1. The fourth-order valence-corrected chi connectivity index (χ4v) is 2.09. The molecule has 1 aromatic heterocycles. The molecule has 0 bridgehead atoms. The first-order valence-corrected chi connectivity index (χ1v) is 5.91. The molecular formula is C12H18N4O2. The van der Waals surface area contributed by atoms with Crippen molar-refractivity contribution in [2.45, 2.75) is 25.3 Å². The maximum absolute atomic E-state index is 11.4. The van der Waals surface area contributed by atoms with E-state index in [-0.39, 0.29) is 5.54 Å². The summed E-state index contributed by atoms with van der Waals surface area (Å²) in [7, 11) is 0. The maximum Gasteiger partial charge on any atom is 0.252 e. The summed E-state index contributed by atoms with van der Waals surface area (Å²) in [5.74, 6) is -0.0812. The summed E-state index contributed by atoms with van der Waals surface area (Å²) in [6, 6.07) is 1.53. The number of aromatic nitrogens is 1. The smallest absolute Gasteiger partial charge is 0.252 e. The Morgan fingerprint density at radius 2 is 2.39 bits per heavy atom. The molecule has 0 spiro atoms. The number of amides is 1. The van der Waals surface area contributed by atoms with Gasteiger partial charge >= 0.3 is 0 Å². The maximum atomic E-state index is 11.4. The van der Waals surface area contributed by atoms with E-state index < -0.39 is 5.91 Å².